The van der Waals surface area contributed by atoms with E-state index >= 15 is 0 Å². The van der Waals surface area contributed by atoms with E-state index in [0.717, 1.165) is 42.7 Å². The summed E-state index contributed by atoms with van der Waals surface area (Å²) in [6.45, 7) is 10.1. The molecule has 1 aliphatic rings. The molecule has 0 bridgehead atoms. The van der Waals surface area contributed by atoms with Crippen LogP contribution in [0.4, 0.5) is 5.69 Å². The molecule has 2 rings (SSSR count). The van der Waals surface area contributed by atoms with Crippen LogP contribution < -0.4 is 4.90 Å². The summed E-state index contributed by atoms with van der Waals surface area (Å²) in [6, 6.07) is 6.05. The number of benzene rings is 1. The maximum absolute atomic E-state index is 6.22. The van der Waals surface area contributed by atoms with Crippen molar-refractivity contribution in [2.45, 2.75) is 19.7 Å². The predicted octanol–water partition coefficient (Wildman–Crippen LogP) is 3.86. The molecule has 1 saturated heterocycles. The van der Waals surface area contributed by atoms with Gasteiger partial charge in [-0.05, 0) is 18.1 Å². The van der Waals surface area contributed by atoms with E-state index in [1.807, 2.05) is 12.1 Å². The third-order valence-electron chi connectivity index (χ3n) is 3.56. The number of alkyl halides is 1. The standard InChI is InChI=1S/C15H22Cl2N2/c1-12(2)11-18-6-8-19(9-7-18)15-5-3-4-14(17)13(15)10-16/h3-5,12H,6-11H2,1-2H3. The SMILES string of the molecule is CC(C)CN1CCN(c2cccc(Cl)c2CCl)CC1. The molecule has 2 nitrogen and oxygen atoms in total. The number of hydrogen-bond donors (Lipinski definition) is 0. The number of nitrogens with zero attached hydrogens (tertiary/aromatic N) is 2. The quantitative estimate of drug-likeness (QED) is 0.779. The van der Waals surface area contributed by atoms with Gasteiger partial charge in [0, 0.05) is 49.0 Å². The number of hydrogen-bond acceptors (Lipinski definition) is 2. The fourth-order valence-corrected chi connectivity index (χ4v) is 3.25. The van der Waals surface area contributed by atoms with Crippen LogP contribution in [-0.2, 0) is 5.88 Å². The summed E-state index contributed by atoms with van der Waals surface area (Å²) >= 11 is 12.3. The van der Waals surface area contributed by atoms with Crippen molar-refractivity contribution in [3.05, 3.63) is 28.8 Å². The van der Waals surface area contributed by atoms with Gasteiger partial charge in [-0.15, -0.1) is 11.6 Å². The lowest BCUT2D eigenvalue weighted by Crippen LogP contribution is -2.47. The van der Waals surface area contributed by atoms with Crippen LogP contribution in [0, 0.1) is 5.92 Å². The lowest BCUT2D eigenvalue weighted by molar-refractivity contribution is 0.231. The van der Waals surface area contributed by atoms with Gasteiger partial charge in [-0.2, -0.15) is 0 Å². The van der Waals surface area contributed by atoms with E-state index in [9.17, 15) is 0 Å². The normalized spacial score (nSPS) is 17.2. The fourth-order valence-electron chi connectivity index (χ4n) is 2.66. The summed E-state index contributed by atoms with van der Waals surface area (Å²) in [5, 5.41) is 0.775. The van der Waals surface area contributed by atoms with Crippen molar-refractivity contribution in [3.8, 4) is 0 Å². The molecule has 1 aromatic rings. The highest BCUT2D eigenvalue weighted by atomic mass is 35.5. The van der Waals surface area contributed by atoms with Gasteiger partial charge in [-0.25, -0.2) is 0 Å². The molecular weight excluding hydrogens is 279 g/mol. The Bertz CT molecular complexity index is 413. The molecule has 0 aliphatic carbocycles. The first-order valence-corrected chi connectivity index (χ1v) is 7.83. The molecule has 4 heteroatoms. The second-order valence-corrected chi connectivity index (χ2v) is 6.23. The molecule has 0 atom stereocenters. The Morgan fingerprint density at radius 1 is 1.16 bits per heavy atom. The van der Waals surface area contributed by atoms with E-state index in [1.165, 1.54) is 12.2 Å². The van der Waals surface area contributed by atoms with Crippen LogP contribution in [0.25, 0.3) is 0 Å². The number of rotatable bonds is 4. The molecule has 1 aromatic carbocycles. The molecular formula is C15H22Cl2N2. The Morgan fingerprint density at radius 3 is 2.42 bits per heavy atom. The van der Waals surface area contributed by atoms with Crippen molar-refractivity contribution in [2.75, 3.05) is 37.6 Å². The zero-order valence-corrected chi connectivity index (χ0v) is 13.2. The zero-order chi connectivity index (χ0) is 13.8. The van der Waals surface area contributed by atoms with Crippen molar-refractivity contribution >= 4 is 28.9 Å². The molecule has 106 valence electrons. The Morgan fingerprint density at radius 2 is 1.84 bits per heavy atom. The Kier molecular flexibility index (Phi) is 5.37. The first kappa shape index (κ1) is 15.0. The Labute approximate surface area is 126 Å². The summed E-state index contributed by atoms with van der Waals surface area (Å²) in [5.41, 5.74) is 2.26. The average molecular weight is 301 g/mol. The van der Waals surface area contributed by atoms with Crippen LogP contribution in [0.1, 0.15) is 19.4 Å². The van der Waals surface area contributed by atoms with Gasteiger partial charge in [0.2, 0.25) is 0 Å². The lowest BCUT2D eigenvalue weighted by atomic mass is 10.1. The van der Waals surface area contributed by atoms with E-state index in [2.05, 4.69) is 29.7 Å². The highest BCUT2D eigenvalue weighted by molar-refractivity contribution is 6.32. The van der Waals surface area contributed by atoms with Crippen LogP contribution >= 0.6 is 23.2 Å². The molecule has 19 heavy (non-hydrogen) atoms. The Hall–Kier alpha value is -0.440. The highest BCUT2D eigenvalue weighted by Crippen LogP contribution is 2.29. The largest absolute Gasteiger partial charge is 0.369 e. The zero-order valence-electron chi connectivity index (χ0n) is 11.7. The molecule has 0 unspecified atom stereocenters. The molecule has 0 spiro atoms. The molecule has 1 fully saturated rings. The molecule has 0 saturated carbocycles. The third kappa shape index (κ3) is 3.77. The molecule has 0 aromatic heterocycles. The van der Waals surface area contributed by atoms with Crippen LogP contribution in [0.2, 0.25) is 5.02 Å². The third-order valence-corrected chi connectivity index (χ3v) is 4.19. The van der Waals surface area contributed by atoms with Gasteiger partial charge in [0.1, 0.15) is 0 Å². The van der Waals surface area contributed by atoms with Crippen LogP contribution in [0.3, 0.4) is 0 Å². The monoisotopic (exact) mass is 300 g/mol. The smallest absolute Gasteiger partial charge is 0.0509 e. The molecule has 0 N–H and O–H groups in total. The number of piperazine rings is 1. The second-order valence-electron chi connectivity index (χ2n) is 5.55. The van der Waals surface area contributed by atoms with Crippen molar-refractivity contribution in [1.82, 2.24) is 4.90 Å². The molecule has 1 heterocycles. The van der Waals surface area contributed by atoms with Crippen molar-refractivity contribution in [2.24, 2.45) is 5.92 Å². The maximum Gasteiger partial charge on any atom is 0.0509 e. The van der Waals surface area contributed by atoms with E-state index < -0.39 is 0 Å². The van der Waals surface area contributed by atoms with Crippen LogP contribution in [-0.4, -0.2) is 37.6 Å². The molecule has 1 aliphatic heterocycles. The van der Waals surface area contributed by atoms with E-state index in [4.69, 9.17) is 23.2 Å². The van der Waals surface area contributed by atoms with Gasteiger partial charge < -0.3 is 4.90 Å². The summed E-state index contributed by atoms with van der Waals surface area (Å²) in [4.78, 5) is 4.94. The van der Waals surface area contributed by atoms with Gasteiger partial charge in [-0.3, -0.25) is 4.90 Å². The first-order valence-electron chi connectivity index (χ1n) is 6.92. The van der Waals surface area contributed by atoms with Crippen molar-refractivity contribution in [3.63, 3.8) is 0 Å². The average Bonchev–Trinajstić information content (AvgIpc) is 2.38. The van der Waals surface area contributed by atoms with E-state index in [-0.39, 0.29) is 0 Å². The summed E-state index contributed by atoms with van der Waals surface area (Å²) in [7, 11) is 0. The number of halogens is 2. The minimum Gasteiger partial charge on any atom is -0.369 e. The second kappa shape index (κ2) is 6.83. The van der Waals surface area contributed by atoms with Gasteiger partial charge in [0.15, 0.2) is 0 Å². The maximum atomic E-state index is 6.22. The minimum atomic E-state index is 0.473. The van der Waals surface area contributed by atoms with E-state index in [1.54, 1.807) is 0 Å². The van der Waals surface area contributed by atoms with Gasteiger partial charge in [-0.1, -0.05) is 31.5 Å². The summed E-state index contributed by atoms with van der Waals surface area (Å²) < 4.78 is 0. The number of anilines is 1. The molecule has 0 radical (unpaired) electrons. The molecule has 0 amide bonds. The first-order chi connectivity index (χ1) is 9.11. The highest BCUT2D eigenvalue weighted by Gasteiger charge is 2.20. The summed E-state index contributed by atoms with van der Waals surface area (Å²) in [6.07, 6.45) is 0. The van der Waals surface area contributed by atoms with Crippen LogP contribution in [0.5, 0.6) is 0 Å². The van der Waals surface area contributed by atoms with Crippen molar-refractivity contribution < 1.29 is 0 Å². The fraction of sp³-hybridized carbons (Fsp3) is 0.600. The predicted molar refractivity (Wildman–Crippen MR) is 84.5 cm³/mol. The van der Waals surface area contributed by atoms with Crippen molar-refractivity contribution in [1.29, 1.82) is 0 Å². The summed E-state index contributed by atoms with van der Waals surface area (Å²) in [5.74, 6) is 1.21. The van der Waals surface area contributed by atoms with Crippen LogP contribution in [0.15, 0.2) is 18.2 Å². The van der Waals surface area contributed by atoms with Gasteiger partial charge >= 0.3 is 0 Å². The topological polar surface area (TPSA) is 6.48 Å². The van der Waals surface area contributed by atoms with E-state index in [0.29, 0.717) is 5.88 Å². The minimum absolute atomic E-state index is 0.473. The van der Waals surface area contributed by atoms with Gasteiger partial charge in [0.25, 0.3) is 0 Å². The lowest BCUT2D eigenvalue weighted by Gasteiger charge is -2.37. The van der Waals surface area contributed by atoms with Gasteiger partial charge in [0.05, 0.1) is 5.88 Å². The Balaban J connectivity index is 2.03.